The summed E-state index contributed by atoms with van der Waals surface area (Å²) in [6, 6.07) is 7.28. The Labute approximate surface area is 183 Å². The van der Waals surface area contributed by atoms with Crippen LogP contribution in [-0.2, 0) is 17.9 Å². The van der Waals surface area contributed by atoms with Crippen molar-refractivity contribution in [2.24, 2.45) is 4.99 Å². The number of alkyl halides is 3. The number of halogens is 4. The highest BCUT2D eigenvalue weighted by Crippen LogP contribution is 2.15. The first-order valence-electron chi connectivity index (χ1n) is 9.27. The molecule has 162 valence electrons. The first kappa shape index (κ1) is 26.9. The van der Waals surface area contributed by atoms with Crippen molar-refractivity contribution >= 4 is 29.9 Å². The van der Waals surface area contributed by atoms with Crippen LogP contribution in [0.1, 0.15) is 31.4 Å². The molecule has 1 rings (SSSR count). The molecule has 0 saturated heterocycles. The molecule has 0 unspecified atom stereocenters. The third-order valence-electron chi connectivity index (χ3n) is 4.08. The lowest BCUT2D eigenvalue weighted by atomic mass is 10.1. The number of guanidine groups is 1. The number of hydrogen-bond donors (Lipinski definition) is 2. The first-order valence-corrected chi connectivity index (χ1v) is 9.27. The van der Waals surface area contributed by atoms with E-state index in [4.69, 9.17) is 0 Å². The van der Waals surface area contributed by atoms with Gasteiger partial charge in [0, 0.05) is 20.1 Å². The SMILES string of the molecule is CCN(CC)CCCNC(=NC)NCc1ccc(COCC(F)(F)F)cc1.I. The van der Waals surface area contributed by atoms with Crippen LogP contribution in [0.15, 0.2) is 29.3 Å². The Kier molecular flexibility index (Phi) is 14.3. The highest BCUT2D eigenvalue weighted by Gasteiger charge is 2.27. The molecule has 0 spiro atoms. The summed E-state index contributed by atoms with van der Waals surface area (Å²) >= 11 is 0. The van der Waals surface area contributed by atoms with Gasteiger partial charge in [-0.25, -0.2) is 0 Å². The van der Waals surface area contributed by atoms with Gasteiger partial charge in [0.25, 0.3) is 0 Å². The summed E-state index contributed by atoms with van der Waals surface area (Å²) in [6.07, 6.45) is -3.26. The van der Waals surface area contributed by atoms with E-state index >= 15 is 0 Å². The van der Waals surface area contributed by atoms with Gasteiger partial charge >= 0.3 is 6.18 Å². The molecule has 28 heavy (non-hydrogen) atoms. The molecule has 0 amide bonds. The van der Waals surface area contributed by atoms with Crippen molar-refractivity contribution in [2.45, 2.75) is 39.6 Å². The average Bonchev–Trinajstić information content (AvgIpc) is 2.64. The molecule has 0 aromatic heterocycles. The van der Waals surface area contributed by atoms with Gasteiger partial charge in [0.05, 0.1) is 6.61 Å². The fraction of sp³-hybridized carbons (Fsp3) is 0.632. The van der Waals surface area contributed by atoms with Crippen molar-refractivity contribution in [1.29, 1.82) is 0 Å². The van der Waals surface area contributed by atoms with Crippen LogP contribution in [0.4, 0.5) is 13.2 Å². The molecule has 0 fully saturated rings. The second kappa shape index (κ2) is 14.9. The monoisotopic (exact) mass is 516 g/mol. The zero-order valence-corrected chi connectivity index (χ0v) is 19.1. The van der Waals surface area contributed by atoms with E-state index in [1.54, 1.807) is 19.2 Å². The number of benzene rings is 1. The largest absolute Gasteiger partial charge is 0.411 e. The molecule has 1 aromatic rings. The number of aliphatic imine (C=N–C) groups is 1. The Morgan fingerprint density at radius 3 is 2.21 bits per heavy atom. The van der Waals surface area contributed by atoms with Gasteiger partial charge in [-0.1, -0.05) is 38.1 Å². The first-order chi connectivity index (χ1) is 12.9. The topological polar surface area (TPSA) is 48.9 Å². The van der Waals surface area contributed by atoms with Crippen molar-refractivity contribution < 1.29 is 17.9 Å². The van der Waals surface area contributed by atoms with Crippen LogP contribution < -0.4 is 10.6 Å². The van der Waals surface area contributed by atoms with Crippen LogP contribution in [0, 0.1) is 0 Å². The normalized spacial score (nSPS) is 12.0. The Morgan fingerprint density at radius 1 is 1.07 bits per heavy atom. The fourth-order valence-electron chi connectivity index (χ4n) is 2.49. The van der Waals surface area contributed by atoms with E-state index in [9.17, 15) is 13.2 Å². The molecule has 0 atom stereocenters. The van der Waals surface area contributed by atoms with Gasteiger partial charge in [0.1, 0.15) is 6.61 Å². The van der Waals surface area contributed by atoms with Crippen LogP contribution in [0.2, 0.25) is 0 Å². The standard InChI is InChI=1S/C19H31F3N4O.HI/c1-4-26(5-2)12-6-11-24-18(23-3)25-13-16-7-9-17(10-8-16)14-27-15-19(20,21)22;/h7-10H,4-6,11-15H2,1-3H3,(H2,23,24,25);1H. The molecule has 0 saturated carbocycles. The Bertz CT molecular complexity index is 549. The maximum atomic E-state index is 12.1. The fourth-order valence-corrected chi connectivity index (χ4v) is 2.49. The summed E-state index contributed by atoms with van der Waals surface area (Å²) in [5.74, 6) is 0.729. The summed E-state index contributed by atoms with van der Waals surface area (Å²) in [7, 11) is 1.72. The van der Waals surface area contributed by atoms with E-state index in [0.717, 1.165) is 44.1 Å². The highest BCUT2D eigenvalue weighted by molar-refractivity contribution is 14.0. The van der Waals surface area contributed by atoms with Crippen molar-refractivity contribution in [3.63, 3.8) is 0 Å². The van der Waals surface area contributed by atoms with Crippen LogP contribution in [0.3, 0.4) is 0 Å². The van der Waals surface area contributed by atoms with E-state index in [1.165, 1.54) is 0 Å². The third kappa shape index (κ3) is 12.4. The number of ether oxygens (including phenoxy) is 1. The number of rotatable bonds is 11. The van der Waals surface area contributed by atoms with Crippen LogP contribution >= 0.6 is 24.0 Å². The molecule has 0 aliphatic rings. The minimum Gasteiger partial charge on any atom is -0.367 e. The maximum Gasteiger partial charge on any atom is 0.411 e. The summed E-state index contributed by atoms with van der Waals surface area (Å²) in [5.41, 5.74) is 1.72. The zero-order valence-electron chi connectivity index (χ0n) is 16.8. The lowest BCUT2D eigenvalue weighted by Gasteiger charge is -2.18. The summed E-state index contributed by atoms with van der Waals surface area (Å²) in [5, 5.41) is 6.51. The summed E-state index contributed by atoms with van der Waals surface area (Å²) < 4.78 is 40.9. The van der Waals surface area contributed by atoms with E-state index in [2.05, 4.69) is 39.1 Å². The molecule has 0 bridgehead atoms. The third-order valence-corrected chi connectivity index (χ3v) is 4.08. The Hall–Kier alpha value is -1.07. The van der Waals surface area contributed by atoms with Crippen LogP contribution in [0.5, 0.6) is 0 Å². The second-order valence-corrected chi connectivity index (χ2v) is 6.16. The van der Waals surface area contributed by atoms with Crippen molar-refractivity contribution in [1.82, 2.24) is 15.5 Å². The lowest BCUT2D eigenvalue weighted by Crippen LogP contribution is -2.38. The van der Waals surface area contributed by atoms with Gasteiger partial charge in [-0.2, -0.15) is 13.2 Å². The minimum atomic E-state index is -4.29. The van der Waals surface area contributed by atoms with E-state index in [-0.39, 0.29) is 30.6 Å². The van der Waals surface area contributed by atoms with Gasteiger partial charge < -0.3 is 20.3 Å². The smallest absolute Gasteiger partial charge is 0.367 e. The predicted molar refractivity (Wildman–Crippen MR) is 118 cm³/mol. The summed E-state index contributed by atoms with van der Waals surface area (Å²) in [6.45, 7) is 7.62. The van der Waals surface area contributed by atoms with Crippen molar-refractivity contribution in [3.05, 3.63) is 35.4 Å². The molecule has 0 aliphatic heterocycles. The Morgan fingerprint density at radius 2 is 1.68 bits per heavy atom. The minimum absolute atomic E-state index is 0. The molecular weight excluding hydrogens is 484 g/mol. The number of nitrogens with zero attached hydrogens (tertiary/aromatic N) is 2. The zero-order chi connectivity index (χ0) is 20.1. The van der Waals surface area contributed by atoms with Gasteiger partial charge in [0.15, 0.2) is 5.96 Å². The lowest BCUT2D eigenvalue weighted by molar-refractivity contribution is -0.176. The maximum absolute atomic E-state index is 12.1. The number of nitrogens with one attached hydrogen (secondary N) is 2. The van der Waals surface area contributed by atoms with E-state index in [0.29, 0.717) is 12.1 Å². The van der Waals surface area contributed by atoms with Gasteiger partial charge in [-0.15, -0.1) is 24.0 Å². The van der Waals surface area contributed by atoms with E-state index in [1.807, 2.05) is 12.1 Å². The molecule has 2 N–H and O–H groups in total. The Balaban J connectivity index is 0.00000729. The van der Waals surface area contributed by atoms with E-state index < -0.39 is 12.8 Å². The predicted octanol–water partition coefficient (Wildman–Crippen LogP) is 3.78. The molecule has 5 nitrogen and oxygen atoms in total. The van der Waals surface area contributed by atoms with Crippen molar-refractivity contribution in [3.8, 4) is 0 Å². The molecule has 0 radical (unpaired) electrons. The highest BCUT2D eigenvalue weighted by atomic mass is 127. The average molecular weight is 516 g/mol. The number of hydrogen-bond acceptors (Lipinski definition) is 3. The molecular formula is C19H32F3IN4O. The second-order valence-electron chi connectivity index (χ2n) is 6.16. The molecule has 0 heterocycles. The van der Waals surface area contributed by atoms with Gasteiger partial charge in [0.2, 0.25) is 0 Å². The van der Waals surface area contributed by atoms with Crippen LogP contribution in [-0.4, -0.2) is 56.9 Å². The quantitative estimate of drug-likeness (QED) is 0.204. The van der Waals surface area contributed by atoms with Crippen molar-refractivity contribution in [2.75, 3.05) is 39.8 Å². The molecule has 0 aliphatic carbocycles. The van der Waals surface area contributed by atoms with Crippen LogP contribution in [0.25, 0.3) is 0 Å². The molecule has 9 heteroatoms. The molecule has 1 aromatic carbocycles. The van der Waals surface area contributed by atoms with Gasteiger partial charge in [-0.3, -0.25) is 4.99 Å². The van der Waals surface area contributed by atoms with Gasteiger partial charge in [-0.05, 0) is 37.2 Å². The summed E-state index contributed by atoms with van der Waals surface area (Å²) in [4.78, 5) is 6.57.